The number of nitrogens with one attached hydrogen (secondary N) is 1. The van der Waals surface area contributed by atoms with Crippen molar-refractivity contribution in [1.29, 1.82) is 0 Å². The number of hydrogen-bond acceptors (Lipinski definition) is 4. The maximum absolute atomic E-state index is 12.1. The Morgan fingerprint density at radius 2 is 2.08 bits per heavy atom. The second-order valence-electron chi connectivity index (χ2n) is 4.96. The first-order valence-electron chi connectivity index (χ1n) is 7.36. The van der Waals surface area contributed by atoms with Crippen molar-refractivity contribution in [2.75, 3.05) is 13.7 Å². The van der Waals surface area contributed by atoms with Crippen molar-refractivity contribution in [2.24, 2.45) is 5.10 Å². The van der Waals surface area contributed by atoms with Gasteiger partial charge in [0.15, 0.2) is 11.5 Å². The summed E-state index contributed by atoms with van der Waals surface area (Å²) in [5.74, 6) is 0.680. The van der Waals surface area contributed by atoms with Gasteiger partial charge in [-0.1, -0.05) is 35.9 Å². The number of amides is 1. The molecule has 0 saturated carbocycles. The van der Waals surface area contributed by atoms with E-state index in [1.54, 1.807) is 30.3 Å². The SMILES string of the molecule is C=CCOc1c(Br)cc(/C=N\NC(=O)c2ccc(Cl)c(Cl)c2)cc1OC. The summed E-state index contributed by atoms with van der Waals surface area (Å²) in [5, 5.41) is 4.62. The molecule has 0 saturated heterocycles. The van der Waals surface area contributed by atoms with Crippen molar-refractivity contribution in [1.82, 2.24) is 5.43 Å². The van der Waals surface area contributed by atoms with Crippen LogP contribution in [0.1, 0.15) is 15.9 Å². The molecule has 2 aromatic carbocycles. The fraction of sp³-hybridized carbons (Fsp3) is 0.111. The minimum Gasteiger partial charge on any atom is -0.493 e. The van der Waals surface area contributed by atoms with Gasteiger partial charge in [0.2, 0.25) is 0 Å². The smallest absolute Gasteiger partial charge is 0.271 e. The van der Waals surface area contributed by atoms with Crippen molar-refractivity contribution >= 4 is 51.3 Å². The molecule has 0 aliphatic carbocycles. The average molecular weight is 458 g/mol. The maximum atomic E-state index is 12.1. The standard InChI is InChI=1S/C18H15BrCl2N2O3/c1-3-6-26-17-13(19)7-11(8-16(17)25-2)10-22-23-18(24)12-4-5-14(20)15(21)9-12/h3-5,7-10H,1,6H2,2H3,(H,23,24)/b22-10-. The van der Waals surface area contributed by atoms with Crippen LogP contribution in [-0.2, 0) is 0 Å². The maximum Gasteiger partial charge on any atom is 0.271 e. The molecule has 2 aromatic rings. The largest absolute Gasteiger partial charge is 0.493 e. The normalized spacial score (nSPS) is 10.6. The van der Waals surface area contributed by atoms with Crippen molar-refractivity contribution in [3.8, 4) is 11.5 Å². The first-order valence-corrected chi connectivity index (χ1v) is 8.90. The van der Waals surface area contributed by atoms with Gasteiger partial charge in [-0.2, -0.15) is 5.10 Å². The lowest BCUT2D eigenvalue weighted by atomic mass is 10.2. The van der Waals surface area contributed by atoms with Gasteiger partial charge in [-0.05, 0) is 51.8 Å². The summed E-state index contributed by atoms with van der Waals surface area (Å²) >= 11 is 15.2. The van der Waals surface area contributed by atoms with E-state index in [0.717, 1.165) is 0 Å². The number of halogens is 3. The minimum atomic E-state index is -0.406. The number of nitrogens with zero attached hydrogens (tertiary/aromatic N) is 1. The van der Waals surface area contributed by atoms with Crippen LogP contribution in [0.3, 0.4) is 0 Å². The predicted molar refractivity (Wildman–Crippen MR) is 108 cm³/mol. The second-order valence-corrected chi connectivity index (χ2v) is 6.63. The van der Waals surface area contributed by atoms with Crippen LogP contribution < -0.4 is 14.9 Å². The van der Waals surface area contributed by atoms with E-state index >= 15 is 0 Å². The molecular formula is C18H15BrCl2N2O3. The molecule has 0 aromatic heterocycles. The summed E-state index contributed by atoms with van der Waals surface area (Å²) in [5.41, 5.74) is 3.48. The molecule has 0 bridgehead atoms. The number of ether oxygens (including phenoxy) is 2. The van der Waals surface area contributed by atoms with Crippen LogP contribution in [0.2, 0.25) is 10.0 Å². The second kappa shape index (κ2) is 9.62. The summed E-state index contributed by atoms with van der Waals surface area (Å²) in [4.78, 5) is 12.1. The number of methoxy groups -OCH3 is 1. The predicted octanol–water partition coefficient (Wildman–Crippen LogP) is 5.09. The molecule has 1 amide bonds. The Kier molecular flexibility index (Phi) is 7.50. The van der Waals surface area contributed by atoms with Crippen LogP contribution in [0.15, 0.2) is 52.6 Å². The average Bonchev–Trinajstić information content (AvgIpc) is 2.62. The molecule has 0 fully saturated rings. The molecule has 0 aliphatic heterocycles. The lowest BCUT2D eigenvalue weighted by molar-refractivity contribution is 0.0955. The molecule has 0 radical (unpaired) electrons. The van der Waals surface area contributed by atoms with Gasteiger partial charge in [0.05, 0.1) is 27.8 Å². The quantitative estimate of drug-likeness (QED) is 0.357. The summed E-state index contributed by atoms with van der Waals surface area (Å²) in [6, 6.07) is 8.10. The number of benzene rings is 2. The molecule has 0 heterocycles. The van der Waals surface area contributed by atoms with Crippen molar-refractivity contribution in [3.63, 3.8) is 0 Å². The summed E-state index contributed by atoms with van der Waals surface area (Å²) < 4.78 is 11.6. The van der Waals surface area contributed by atoms with Crippen LogP contribution in [0.4, 0.5) is 0 Å². The molecule has 2 rings (SSSR count). The molecular weight excluding hydrogens is 443 g/mol. The van der Waals surface area contributed by atoms with Crippen LogP contribution in [0, 0.1) is 0 Å². The molecule has 0 unspecified atom stereocenters. The van der Waals surface area contributed by atoms with Crippen molar-refractivity contribution < 1.29 is 14.3 Å². The highest BCUT2D eigenvalue weighted by Gasteiger charge is 2.11. The molecule has 0 aliphatic rings. The van der Waals surface area contributed by atoms with E-state index < -0.39 is 5.91 Å². The Labute approximate surface area is 169 Å². The Bertz CT molecular complexity index is 857. The molecule has 0 spiro atoms. The van der Waals surface area contributed by atoms with Gasteiger partial charge in [0.25, 0.3) is 5.91 Å². The fourth-order valence-electron chi connectivity index (χ4n) is 1.96. The highest BCUT2D eigenvalue weighted by molar-refractivity contribution is 9.10. The number of rotatable bonds is 7. The fourth-order valence-corrected chi connectivity index (χ4v) is 2.84. The van der Waals surface area contributed by atoms with Gasteiger partial charge in [-0.25, -0.2) is 5.43 Å². The number of hydrogen-bond donors (Lipinski definition) is 1. The van der Waals surface area contributed by atoms with Gasteiger partial charge in [0.1, 0.15) is 6.61 Å². The van der Waals surface area contributed by atoms with E-state index in [1.165, 1.54) is 19.4 Å². The van der Waals surface area contributed by atoms with Crippen LogP contribution >= 0.6 is 39.1 Å². The van der Waals surface area contributed by atoms with E-state index in [4.69, 9.17) is 32.7 Å². The third-order valence-electron chi connectivity index (χ3n) is 3.16. The Balaban J connectivity index is 2.12. The van der Waals surface area contributed by atoms with Crippen molar-refractivity contribution in [3.05, 3.63) is 68.6 Å². The summed E-state index contributed by atoms with van der Waals surface area (Å²) in [6.07, 6.45) is 3.12. The first-order chi connectivity index (χ1) is 12.5. The van der Waals surface area contributed by atoms with E-state index in [0.29, 0.717) is 43.8 Å². The molecule has 1 N–H and O–H groups in total. The Morgan fingerprint density at radius 1 is 1.31 bits per heavy atom. The molecule has 136 valence electrons. The highest BCUT2D eigenvalue weighted by atomic mass is 79.9. The van der Waals surface area contributed by atoms with Gasteiger partial charge in [0, 0.05) is 5.56 Å². The Morgan fingerprint density at radius 3 is 2.73 bits per heavy atom. The number of carbonyl (C=O) groups is 1. The van der Waals surface area contributed by atoms with Gasteiger partial charge >= 0.3 is 0 Å². The van der Waals surface area contributed by atoms with Gasteiger partial charge < -0.3 is 9.47 Å². The van der Waals surface area contributed by atoms with Crippen molar-refractivity contribution in [2.45, 2.75) is 0 Å². The molecule has 0 atom stereocenters. The zero-order valence-corrected chi connectivity index (χ0v) is 16.9. The monoisotopic (exact) mass is 456 g/mol. The third kappa shape index (κ3) is 5.24. The van der Waals surface area contributed by atoms with Crippen LogP contribution in [0.5, 0.6) is 11.5 Å². The van der Waals surface area contributed by atoms with Gasteiger partial charge in [-0.15, -0.1) is 0 Å². The van der Waals surface area contributed by atoms with Gasteiger partial charge in [-0.3, -0.25) is 4.79 Å². The highest BCUT2D eigenvalue weighted by Crippen LogP contribution is 2.36. The molecule has 5 nitrogen and oxygen atoms in total. The Hall–Kier alpha value is -2.02. The number of carbonyl (C=O) groups excluding carboxylic acids is 1. The molecule has 26 heavy (non-hydrogen) atoms. The molecule has 8 heteroatoms. The zero-order chi connectivity index (χ0) is 19.1. The number of hydrazone groups is 1. The topological polar surface area (TPSA) is 59.9 Å². The first kappa shape index (κ1) is 20.3. The lowest BCUT2D eigenvalue weighted by Crippen LogP contribution is -2.17. The van der Waals surface area contributed by atoms with Crippen LogP contribution in [0.25, 0.3) is 0 Å². The minimum absolute atomic E-state index is 0.298. The van der Waals surface area contributed by atoms with E-state index in [9.17, 15) is 4.79 Å². The third-order valence-corrected chi connectivity index (χ3v) is 4.49. The zero-order valence-electron chi connectivity index (χ0n) is 13.8. The van der Waals surface area contributed by atoms with E-state index in [2.05, 4.69) is 33.0 Å². The summed E-state index contributed by atoms with van der Waals surface area (Å²) in [6.45, 7) is 3.96. The summed E-state index contributed by atoms with van der Waals surface area (Å²) in [7, 11) is 1.54. The van der Waals surface area contributed by atoms with E-state index in [1.807, 2.05) is 0 Å². The lowest BCUT2D eigenvalue weighted by Gasteiger charge is -2.12. The van der Waals surface area contributed by atoms with E-state index in [-0.39, 0.29) is 0 Å². The van der Waals surface area contributed by atoms with Crippen LogP contribution in [-0.4, -0.2) is 25.8 Å².